The Labute approximate surface area is 68.5 Å². The van der Waals surface area contributed by atoms with Gasteiger partial charge in [0.25, 0.3) is 0 Å². The molecule has 0 aliphatic rings. The minimum absolute atomic E-state index is 0.468. The highest BCUT2D eigenvalue weighted by molar-refractivity contribution is 5.77. The van der Waals surface area contributed by atoms with Crippen molar-refractivity contribution in [1.29, 1.82) is 0 Å². The van der Waals surface area contributed by atoms with E-state index < -0.39 is 0 Å². The summed E-state index contributed by atoms with van der Waals surface area (Å²) in [6.07, 6.45) is 0. The quantitative estimate of drug-likeness (QED) is 0.429. The SMILES string of the molecule is CN=C(N)NCC(C)N(C)C. The molecule has 0 aromatic heterocycles. The standard InChI is InChI=1S/C7H18N4/c1-6(11(3)4)5-10-7(8)9-2/h6H,5H2,1-4H3,(H3,8,9,10). The first kappa shape index (κ1) is 10.2. The van der Waals surface area contributed by atoms with E-state index in [0.29, 0.717) is 12.0 Å². The highest BCUT2D eigenvalue weighted by Gasteiger charge is 2.02. The van der Waals surface area contributed by atoms with Crippen LogP contribution in [0, 0.1) is 0 Å². The van der Waals surface area contributed by atoms with Crippen molar-refractivity contribution in [3.8, 4) is 0 Å². The molecule has 0 radical (unpaired) electrons. The molecule has 0 aromatic carbocycles. The van der Waals surface area contributed by atoms with Crippen molar-refractivity contribution in [3.05, 3.63) is 0 Å². The Morgan fingerprint density at radius 2 is 2.18 bits per heavy atom. The molecule has 0 fully saturated rings. The summed E-state index contributed by atoms with van der Waals surface area (Å²) in [4.78, 5) is 5.91. The molecule has 1 unspecified atom stereocenters. The van der Waals surface area contributed by atoms with E-state index >= 15 is 0 Å². The first-order chi connectivity index (χ1) is 5.07. The van der Waals surface area contributed by atoms with E-state index in [2.05, 4.69) is 22.1 Å². The predicted octanol–water partition coefficient (Wildman–Crippen LogP) is -0.529. The number of nitrogens with two attached hydrogens (primary N) is 1. The van der Waals surface area contributed by atoms with Crippen LogP contribution in [-0.4, -0.2) is 44.6 Å². The van der Waals surface area contributed by atoms with E-state index in [1.165, 1.54) is 0 Å². The average molecular weight is 158 g/mol. The molecule has 0 heterocycles. The number of rotatable bonds is 3. The minimum atomic E-state index is 0.468. The summed E-state index contributed by atoms with van der Waals surface area (Å²) in [5.41, 5.74) is 5.44. The summed E-state index contributed by atoms with van der Waals surface area (Å²) in [5, 5.41) is 3.00. The van der Waals surface area contributed by atoms with Crippen LogP contribution in [0.3, 0.4) is 0 Å². The number of hydrogen-bond acceptors (Lipinski definition) is 2. The van der Waals surface area contributed by atoms with Gasteiger partial charge in [-0.3, -0.25) is 4.99 Å². The third-order valence-corrected chi connectivity index (χ3v) is 1.70. The van der Waals surface area contributed by atoms with Gasteiger partial charge in [-0.15, -0.1) is 0 Å². The van der Waals surface area contributed by atoms with E-state index in [9.17, 15) is 0 Å². The molecule has 4 heteroatoms. The van der Waals surface area contributed by atoms with Gasteiger partial charge in [0, 0.05) is 19.6 Å². The first-order valence-electron chi connectivity index (χ1n) is 3.70. The third-order valence-electron chi connectivity index (χ3n) is 1.70. The van der Waals surface area contributed by atoms with Gasteiger partial charge in [0.05, 0.1) is 0 Å². The van der Waals surface area contributed by atoms with Crippen LogP contribution in [0.4, 0.5) is 0 Å². The summed E-state index contributed by atoms with van der Waals surface area (Å²) in [5.74, 6) is 0.499. The van der Waals surface area contributed by atoms with Gasteiger partial charge in [-0.25, -0.2) is 0 Å². The second kappa shape index (κ2) is 4.96. The van der Waals surface area contributed by atoms with Crippen LogP contribution in [-0.2, 0) is 0 Å². The molecule has 0 rings (SSSR count). The van der Waals surface area contributed by atoms with Gasteiger partial charge in [0.1, 0.15) is 0 Å². The zero-order valence-electron chi connectivity index (χ0n) is 7.76. The highest BCUT2D eigenvalue weighted by atomic mass is 15.1. The summed E-state index contributed by atoms with van der Waals surface area (Å²) >= 11 is 0. The molecule has 11 heavy (non-hydrogen) atoms. The maximum atomic E-state index is 5.44. The van der Waals surface area contributed by atoms with Crippen molar-refractivity contribution in [1.82, 2.24) is 10.2 Å². The molecule has 0 saturated heterocycles. The monoisotopic (exact) mass is 158 g/mol. The fourth-order valence-corrected chi connectivity index (χ4v) is 0.514. The van der Waals surface area contributed by atoms with Gasteiger partial charge >= 0.3 is 0 Å². The Bertz CT molecular complexity index is 130. The smallest absolute Gasteiger partial charge is 0.188 e. The van der Waals surface area contributed by atoms with E-state index in [0.717, 1.165) is 6.54 Å². The minimum Gasteiger partial charge on any atom is -0.370 e. The van der Waals surface area contributed by atoms with Crippen LogP contribution in [0.5, 0.6) is 0 Å². The Kier molecular flexibility index (Phi) is 4.61. The number of guanidine groups is 1. The molecule has 66 valence electrons. The van der Waals surface area contributed by atoms with E-state index in [4.69, 9.17) is 5.73 Å². The summed E-state index contributed by atoms with van der Waals surface area (Å²) in [6.45, 7) is 2.95. The van der Waals surface area contributed by atoms with Crippen LogP contribution in [0.2, 0.25) is 0 Å². The molecule has 4 nitrogen and oxygen atoms in total. The highest BCUT2D eigenvalue weighted by Crippen LogP contribution is 1.87. The van der Waals surface area contributed by atoms with Crippen molar-refractivity contribution < 1.29 is 0 Å². The molecule has 0 aliphatic carbocycles. The van der Waals surface area contributed by atoms with E-state index in [1.54, 1.807) is 7.05 Å². The molecular weight excluding hydrogens is 140 g/mol. The Hall–Kier alpha value is -0.770. The number of nitrogens with one attached hydrogen (secondary N) is 1. The zero-order valence-corrected chi connectivity index (χ0v) is 7.76. The molecular formula is C7H18N4. The van der Waals surface area contributed by atoms with Gasteiger partial charge in [-0.05, 0) is 21.0 Å². The maximum absolute atomic E-state index is 5.44. The lowest BCUT2D eigenvalue weighted by Crippen LogP contribution is -2.41. The molecule has 0 aliphatic heterocycles. The van der Waals surface area contributed by atoms with Gasteiger partial charge < -0.3 is 16.0 Å². The molecule has 0 saturated carbocycles. The lowest BCUT2D eigenvalue weighted by atomic mass is 10.3. The number of aliphatic imine (C=N–C) groups is 1. The van der Waals surface area contributed by atoms with Gasteiger partial charge in [-0.1, -0.05) is 0 Å². The van der Waals surface area contributed by atoms with Gasteiger partial charge in [0.15, 0.2) is 5.96 Å². The number of hydrogen-bond donors (Lipinski definition) is 2. The fraction of sp³-hybridized carbons (Fsp3) is 0.857. The molecule has 0 spiro atoms. The van der Waals surface area contributed by atoms with Crippen LogP contribution in [0.25, 0.3) is 0 Å². The fourth-order valence-electron chi connectivity index (χ4n) is 0.514. The summed E-state index contributed by atoms with van der Waals surface area (Å²) < 4.78 is 0. The van der Waals surface area contributed by atoms with Crippen LogP contribution in [0.1, 0.15) is 6.92 Å². The summed E-state index contributed by atoms with van der Waals surface area (Å²) in [7, 11) is 5.74. The summed E-state index contributed by atoms with van der Waals surface area (Å²) in [6, 6.07) is 0.468. The van der Waals surface area contributed by atoms with Crippen molar-refractivity contribution in [2.75, 3.05) is 27.7 Å². The Morgan fingerprint density at radius 3 is 2.55 bits per heavy atom. The lowest BCUT2D eigenvalue weighted by Gasteiger charge is -2.19. The van der Waals surface area contributed by atoms with E-state index in [1.807, 2.05) is 14.1 Å². The molecule has 3 N–H and O–H groups in total. The molecule has 1 atom stereocenters. The third kappa shape index (κ3) is 4.61. The second-order valence-corrected chi connectivity index (χ2v) is 2.80. The number of nitrogens with zero attached hydrogens (tertiary/aromatic N) is 2. The molecule has 0 aromatic rings. The Morgan fingerprint density at radius 1 is 1.64 bits per heavy atom. The van der Waals surface area contributed by atoms with Crippen LogP contribution >= 0.6 is 0 Å². The van der Waals surface area contributed by atoms with Crippen LogP contribution in [0.15, 0.2) is 4.99 Å². The lowest BCUT2D eigenvalue weighted by molar-refractivity contribution is 0.313. The van der Waals surface area contributed by atoms with Crippen molar-refractivity contribution in [2.24, 2.45) is 10.7 Å². The Balaban J connectivity index is 3.54. The van der Waals surface area contributed by atoms with Crippen molar-refractivity contribution >= 4 is 5.96 Å². The zero-order chi connectivity index (χ0) is 8.85. The average Bonchev–Trinajstić information content (AvgIpc) is 1.99. The largest absolute Gasteiger partial charge is 0.370 e. The van der Waals surface area contributed by atoms with Gasteiger partial charge in [-0.2, -0.15) is 0 Å². The predicted molar refractivity (Wildman–Crippen MR) is 48.7 cm³/mol. The maximum Gasteiger partial charge on any atom is 0.188 e. The van der Waals surface area contributed by atoms with Gasteiger partial charge in [0.2, 0.25) is 0 Å². The number of likely N-dealkylation sites (N-methyl/N-ethyl adjacent to an activating group) is 1. The van der Waals surface area contributed by atoms with Crippen LogP contribution < -0.4 is 11.1 Å². The first-order valence-corrected chi connectivity index (χ1v) is 3.70. The molecule has 0 bridgehead atoms. The van der Waals surface area contributed by atoms with E-state index in [-0.39, 0.29) is 0 Å². The topological polar surface area (TPSA) is 53.6 Å². The molecule has 0 amide bonds. The second-order valence-electron chi connectivity index (χ2n) is 2.80. The normalized spacial score (nSPS) is 15.2. The van der Waals surface area contributed by atoms with Crippen molar-refractivity contribution in [3.63, 3.8) is 0 Å². The van der Waals surface area contributed by atoms with Crippen molar-refractivity contribution in [2.45, 2.75) is 13.0 Å².